The number of pyridine rings is 1. The maximum Gasteiger partial charge on any atom is 0.220 e. The summed E-state index contributed by atoms with van der Waals surface area (Å²) in [5, 5.41) is 16.1. The zero-order chi connectivity index (χ0) is 32.1. The molecule has 1 saturated heterocycles. The molecule has 0 radical (unpaired) electrons. The Morgan fingerprint density at radius 1 is 1.07 bits per heavy atom. The molecule has 1 amide bonds. The summed E-state index contributed by atoms with van der Waals surface area (Å²) in [4.78, 5) is 20.7. The van der Waals surface area contributed by atoms with Gasteiger partial charge in [-0.2, -0.15) is 5.10 Å². The Hall–Kier alpha value is -4.13. The molecule has 45 heavy (non-hydrogen) atoms. The summed E-state index contributed by atoms with van der Waals surface area (Å²) < 4.78 is 56.4. The topological polar surface area (TPSA) is 133 Å². The molecule has 4 heterocycles. The van der Waals surface area contributed by atoms with Crippen LogP contribution in [0, 0.1) is 17.0 Å². The van der Waals surface area contributed by atoms with Crippen molar-refractivity contribution < 1.29 is 22.0 Å². The van der Waals surface area contributed by atoms with Crippen LogP contribution < -0.4 is 5.32 Å². The van der Waals surface area contributed by atoms with Crippen LogP contribution >= 0.6 is 0 Å². The zero-order valence-electron chi connectivity index (χ0n) is 25.6. The Labute approximate surface area is 260 Å². The van der Waals surface area contributed by atoms with Crippen molar-refractivity contribution in [1.29, 1.82) is 0 Å². The lowest BCUT2D eigenvalue weighted by atomic mass is 9.54. The van der Waals surface area contributed by atoms with Crippen LogP contribution in [0.4, 0.5) is 8.78 Å². The monoisotopic (exact) mass is 635 g/mol. The quantitative estimate of drug-likeness (QED) is 0.292. The third-order valence-electron chi connectivity index (χ3n) is 9.47. The molecule has 1 aliphatic heterocycles. The minimum absolute atomic E-state index is 0.0905. The minimum atomic E-state index is -3.57. The maximum absolute atomic E-state index is 14.7. The number of halogens is 2. The normalized spacial score (nSPS) is 22.7. The number of carbonyl (C=O) groups excluding carboxylic acids is 1. The summed E-state index contributed by atoms with van der Waals surface area (Å²) in [7, 11) is -3.57. The van der Waals surface area contributed by atoms with Gasteiger partial charge in [0.2, 0.25) is 5.91 Å². The first kappa shape index (κ1) is 30.9. The number of nitrogens with one attached hydrogen (secondary N) is 1. The number of fused-ring (bicyclic) bond motifs is 1. The molecule has 2 aliphatic rings. The predicted molar refractivity (Wildman–Crippen MR) is 163 cm³/mol. The second-order valence-electron chi connectivity index (χ2n) is 12.8. The fourth-order valence-corrected chi connectivity index (χ4v) is 8.23. The molecule has 236 valence electrons. The van der Waals surface area contributed by atoms with Crippen molar-refractivity contribution in [2.24, 2.45) is 5.41 Å². The molecule has 0 bridgehead atoms. The van der Waals surface area contributed by atoms with Gasteiger partial charge in [-0.3, -0.25) is 4.79 Å². The Bertz CT molecular complexity index is 1870. The van der Waals surface area contributed by atoms with Crippen LogP contribution in [-0.2, 0) is 25.8 Å². The van der Waals surface area contributed by atoms with Gasteiger partial charge < -0.3 is 5.32 Å². The van der Waals surface area contributed by atoms with Gasteiger partial charge in [-0.05, 0) is 73.4 Å². The molecule has 4 aromatic rings. The molecule has 13 heteroatoms. The lowest BCUT2D eigenvalue weighted by Crippen LogP contribution is -2.47. The van der Waals surface area contributed by atoms with E-state index in [4.69, 9.17) is 4.98 Å². The van der Waals surface area contributed by atoms with E-state index in [0.29, 0.717) is 30.0 Å². The van der Waals surface area contributed by atoms with Gasteiger partial charge in [0.15, 0.2) is 21.5 Å². The maximum atomic E-state index is 14.7. The van der Waals surface area contributed by atoms with E-state index >= 15 is 0 Å². The van der Waals surface area contributed by atoms with E-state index < -0.39 is 32.9 Å². The molecule has 1 aromatic carbocycles. The Morgan fingerprint density at radius 3 is 2.49 bits per heavy atom. The Kier molecular flexibility index (Phi) is 7.78. The molecule has 3 atom stereocenters. The lowest BCUT2D eigenvalue weighted by Gasteiger charge is -2.50. The van der Waals surface area contributed by atoms with Crippen molar-refractivity contribution in [1.82, 2.24) is 35.3 Å². The van der Waals surface area contributed by atoms with Gasteiger partial charge in [-0.15, -0.1) is 10.2 Å². The van der Waals surface area contributed by atoms with Crippen molar-refractivity contribution in [3.8, 4) is 17.1 Å². The van der Waals surface area contributed by atoms with E-state index in [1.807, 2.05) is 12.1 Å². The van der Waals surface area contributed by atoms with Crippen LogP contribution in [0.3, 0.4) is 0 Å². The van der Waals surface area contributed by atoms with E-state index in [-0.39, 0.29) is 45.8 Å². The molecular weight excluding hydrogens is 600 g/mol. The van der Waals surface area contributed by atoms with E-state index in [1.165, 1.54) is 29.2 Å². The predicted octanol–water partition coefficient (Wildman–Crippen LogP) is 4.82. The van der Waals surface area contributed by atoms with Gasteiger partial charge in [0, 0.05) is 12.5 Å². The third-order valence-corrected chi connectivity index (χ3v) is 11.1. The number of rotatable bonds is 8. The molecule has 1 fully saturated rings. The van der Waals surface area contributed by atoms with E-state index in [9.17, 15) is 22.0 Å². The van der Waals surface area contributed by atoms with Crippen LogP contribution in [0.2, 0.25) is 0 Å². The first-order valence-corrected chi connectivity index (χ1v) is 16.8. The van der Waals surface area contributed by atoms with Gasteiger partial charge in [0.05, 0.1) is 33.8 Å². The number of carbonyl (C=O) groups is 1. The van der Waals surface area contributed by atoms with E-state index in [0.717, 1.165) is 18.4 Å². The summed E-state index contributed by atoms with van der Waals surface area (Å²) in [6.07, 6.45) is 3.82. The van der Waals surface area contributed by atoms with Crippen molar-refractivity contribution in [2.45, 2.75) is 76.5 Å². The summed E-state index contributed by atoms with van der Waals surface area (Å²) >= 11 is 0. The van der Waals surface area contributed by atoms with Crippen LogP contribution in [0.25, 0.3) is 17.1 Å². The van der Waals surface area contributed by atoms with E-state index in [2.05, 4.69) is 53.3 Å². The second-order valence-corrected chi connectivity index (χ2v) is 14.9. The minimum Gasteiger partial charge on any atom is -0.352 e. The van der Waals surface area contributed by atoms with Crippen molar-refractivity contribution in [2.75, 3.05) is 5.75 Å². The highest BCUT2D eigenvalue weighted by atomic mass is 32.2. The zero-order valence-corrected chi connectivity index (χ0v) is 26.4. The molecular formula is C32H35F2N7O3S. The van der Waals surface area contributed by atoms with Crippen LogP contribution in [0.15, 0.2) is 48.8 Å². The number of nitrogens with zero attached hydrogens (tertiary/aromatic N) is 6. The number of sulfone groups is 1. The van der Waals surface area contributed by atoms with Gasteiger partial charge >= 0.3 is 0 Å². The number of benzene rings is 1. The SMILES string of the molecule is CC[C@@H]1CC(C)(C)[C@@](C)(c2cccc(-n3cnc(CS(=O)(=O)CC4CCC(=O)N4)n3)n2)c2nnc(-c3c(F)cccc3F)cc21. The van der Waals surface area contributed by atoms with E-state index in [1.54, 1.807) is 12.1 Å². The molecule has 1 unspecified atom stereocenters. The first-order valence-electron chi connectivity index (χ1n) is 15.0. The molecule has 6 rings (SSSR count). The van der Waals surface area contributed by atoms with Gasteiger partial charge in [0.1, 0.15) is 23.7 Å². The average molecular weight is 636 g/mol. The lowest BCUT2D eigenvalue weighted by molar-refractivity contribution is -0.119. The molecule has 3 aromatic heterocycles. The summed E-state index contributed by atoms with van der Waals surface area (Å²) in [5.74, 6) is -1.40. The number of hydrogen-bond acceptors (Lipinski definition) is 8. The van der Waals surface area contributed by atoms with Crippen molar-refractivity contribution in [3.63, 3.8) is 0 Å². The van der Waals surface area contributed by atoms with Crippen LogP contribution in [-0.4, -0.2) is 56.1 Å². The summed E-state index contributed by atoms with van der Waals surface area (Å²) in [6, 6.07) is 10.6. The average Bonchev–Trinajstić information content (AvgIpc) is 3.62. The third kappa shape index (κ3) is 5.62. The van der Waals surface area contributed by atoms with Crippen LogP contribution in [0.1, 0.15) is 82.1 Å². The highest BCUT2D eigenvalue weighted by Crippen LogP contribution is 2.56. The van der Waals surface area contributed by atoms with Gasteiger partial charge in [-0.25, -0.2) is 31.8 Å². The molecule has 1 aliphatic carbocycles. The Balaban J connectivity index is 1.35. The van der Waals surface area contributed by atoms with Gasteiger partial charge in [0.25, 0.3) is 0 Å². The highest BCUT2D eigenvalue weighted by Gasteiger charge is 2.52. The molecule has 10 nitrogen and oxygen atoms in total. The molecule has 0 spiro atoms. The number of aromatic nitrogens is 6. The standard InChI is InChI=1S/C32H35F2N7O3S/c1-5-19-15-31(2,3)32(4,30-21(19)14-24(38-39-30)29-22(33)8-6-9-23(29)34)25-10-7-11-27(37-25)41-18-35-26(40-41)17-45(43,44)16-20-12-13-28(42)36-20/h6-11,14,18-20H,5,12-13,15-17H2,1-4H3,(H,36,42)/t19-,20?,32+/m1/s1. The fourth-order valence-electron chi connectivity index (χ4n) is 6.72. The molecule has 1 N–H and O–H groups in total. The second kappa shape index (κ2) is 11.3. The van der Waals surface area contributed by atoms with Crippen molar-refractivity contribution in [3.05, 3.63) is 83.2 Å². The smallest absolute Gasteiger partial charge is 0.220 e. The molecule has 0 saturated carbocycles. The number of amides is 1. The fraction of sp³-hybridized carbons (Fsp3) is 0.438. The highest BCUT2D eigenvalue weighted by molar-refractivity contribution is 7.90. The largest absolute Gasteiger partial charge is 0.352 e. The number of hydrogen-bond donors (Lipinski definition) is 1. The van der Waals surface area contributed by atoms with Crippen molar-refractivity contribution >= 4 is 15.7 Å². The summed E-state index contributed by atoms with van der Waals surface area (Å²) in [5.41, 5.74) is 1.12. The Morgan fingerprint density at radius 2 is 1.80 bits per heavy atom. The van der Waals surface area contributed by atoms with Crippen LogP contribution in [0.5, 0.6) is 0 Å². The summed E-state index contributed by atoms with van der Waals surface area (Å²) in [6.45, 7) is 8.46. The first-order chi connectivity index (χ1) is 21.3. The van der Waals surface area contributed by atoms with Gasteiger partial charge in [-0.1, -0.05) is 32.9 Å².